The highest BCUT2D eigenvalue weighted by molar-refractivity contribution is 6.17. The predicted molar refractivity (Wildman–Crippen MR) is 20.8 cm³/mol. The average Bonchev–Trinajstić information content (AvgIpc) is 1.76. The Morgan fingerprint density at radius 2 is 2.80 bits per heavy atom. The average molecular weight is 67.1 g/mol. The molecule has 1 heterocycles. The van der Waals surface area contributed by atoms with Crippen molar-refractivity contribution < 1.29 is 0 Å². The van der Waals surface area contributed by atoms with Gasteiger partial charge in [0.1, 0.15) is 12.9 Å². The topological polar surface area (TPSA) is 24.7 Å². The maximum atomic E-state index is 3.68. The second-order valence-electron chi connectivity index (χ2n) is 0.740. The van der Waals surface area contributed by atoms with E-state index < -0.39 is 0 Å². The lowest BCUT2D eigenvalue weighted by Crippen LogP contribution is -1.56. The Morgan fingerprint density at radius 1 is 1.80 bits per heavy atom. The monoisotopic (exact) mass is 67.0 g/mol. The number of hydrogen-bond acceptors (Lipinski definition) is 2. The summed E-state index contributed by atoms with van der Waals surface area (Å²) in [5.41, 5.74) is 0. The number of aliphatic imine (C=N–C) groups is 2. The number of nitrogens with zero attached hydrogens (tertiary/aromatic N) is 2. The number of hydrogen-bond donors (Lipinski definition) is 0. The molecule has 0 aromatic heterocycles. The van der Waals surface area contributed by atoms with E-state index in [1.807, 2.05) is 0 Å². The van der Waals surface area contributed by atoms with Crippen molar-refractivity contribution in [2.24, 2.45) is 9.98 Å². The number of rotatable bonds is 0. The van der Waals surface area contributed by atoms with Crippen molar-refractivity contribution in [1.29, 1.82) is 0 Å². The van der Waals surface area contributed by atoms with Gasteiger partial charge in [-0.25, -0.2) is 0 Å². The van der Waals surface area contributed by atoms with E-state index in [1.54, 1.807) is 6.21 Å². The van der Waals surface area contributed by atoms with Gasteiger partial charge in [0, 0.05) is 0 Å². The Kier molecular flexibility index (Phi) is 0.499. The molecule has 0 N–H and O–H groups in total. The molecule has 0 aliphatic carbocycles. The van der Waals surface area contributed by atoms with Crippen molar-refractivity contribution in [3.05, 3.63) is 0 Å². The molecule has 1 aliphatic rings. The van der Waals surface area contributed by atoms with Crippen molar-refractivity contribution in [2.75, 3.05) is 6.67 Å². The Labute approximate surface area is 30.3 Å². The highest BCUT2D eigenvalue weighted by Gasteiger charge is 1.74. The molecule has 0 saturated heterocycles. The van der Waals surface area contributed by atoms with Gasteiger partial charge in [0.2, 0.25) is 0 Å². The Bertz CT molecular complexity index is 63.0. The van der Waals surface area contributed by atoms with Gasteiger partial charge < -0.3 is 0 Å². The minimum atomic E-state index is 0.583. The molecule has 0 fully saturated rings. The predicted octanol–water partition coefficient (Wildman–Crippen LogP) is -0.0239. The normalized spacial score (nSPS) is 17.6. The van der Waals surface area contributed by atoms with E-state index in [1.165, 1.54) is 0 Å². The second kappa shape index (κ2) is 0.971. The van der Waals surface area contributed by atoms with Crippen LogP contribution >= 0.6 is 0 Å². The van der Waals surface area contributed by atoms with Crippen LogP contribution in [0.2, 0.25) is 0 Å². The van der Waals surface area contributed by atoms with E-state index >= 15 is 0 Å². The SMILES string of the molecule is [C]1=NCN=C1. The third-order valence-corrected chi connectivity index (χ3v) is 0.393. The summed E-state index contributed by atoms with van der Waals surface area (Å²) in [7, 11) is 0. The summed E-state index contributed by atoms with van der Waals surface area (Å²) >= 11 is 0. The van der Waals surface area contributed by atoms with Crippen LogP contribution in [-0.2, 0) is 0 Å². The summed E-state index contributed by atoms with van der Waals surface area (Å²) in [6.07, 6.45) is 4.12. The van der Waals surface area contributed by atoms with E-state index in [0.717, 1.165) is 0 Å². The fraction of sp³-hybridized carbons (Fsp3) is 0.333. The van der Waals surface area contributed by atoms with Crippen LogP contribution in [0.1, 0.15) is 0 Å². The highest BCUT2D eigenvalue weighted by atomic mass is 14.9. The zero-order valence-corrected chi connectivity index (χ0v) is 2.68. The molecule has 0 unspecified atom stereocenters. The van der Waals surface area contributed by atoms with Gasteiger partial charge in [0.25, 0.3) is 0 Å². The van der Waals surface area contributed by atoms with Crippen molar-refractivity contribution in [3.8, 4) is 0 Å². The van der Waals surface area contributed by atoms with Crippen LogP contribution in [0.25, 0.3) is 0 Å². The molecule has 1 radical (unpaired) electrons. The first-order valence-corrected chi connectivity index (χ1v) is 1.40. The lowest BCUT2D eigenvalue weighted by Gasteiger charge is -1.60. The minimum Gasteiger partial charge on any atom is -0.267 e. The van der Waals surface area contributed by atoms with Crippen LogP contribution in [0.3, 0.4) is 0 Å². The van der Waals surface area contributed by atoms with Crippen LogP contribution in [-0.4, -0.2) is 19.1 Å². The third kappa shape index (κ3) is 0.318. The maximum Gasteiger partial charge on any atom is 0.130 e. The van der Waals surface area contributed by atoms with Gasteiger partial charge in [-0.1, -0.05) is 0 Å². The van der Waals surface area contributed by atoms with Gasteiger partial charge in [0.05, 0.1) is 6.21 Å². The van der Waals surface area contributed by atoms with Gasteiger partial charge in [-0.2, -0.15) is 0 Å². The third-order valence-electron chi connectivity index (χ3n) is 0.393. The van der Waals surface area contributed by atoms with Gasteiger partial charge in [-0.05, 0) is 0 Å². The van der Waals surface area contributed by atoms with Gasteiger partial charge in [0.15, 0.2) is 0 Å². The lowest BCUT2D eigenvalue weighted by atomic mass is 10.9. The molecule has 0 bridgehead atoms. The molecule has 1 rings (SSSR count). The summed E-state index contributed by atoms with van der Waals surface area (Å²) < 4.78 is 0. The molecule has 0 saturated carbocycles. The molecule has 5 heavy (non-hydrogen) atoms. The molecule has 0 aromatic rings. The van der Waals surface area contributed by atoms with E-state index in [2.05, 4.69) is 16.2 Å². The van der Waals surface area contributed by atoms with Crippen molar-refractivity contribution >= 4 is 12.4 Å². The van der Waals surface area contributed by atoms with Crippen LogP contribution in [0.4, 0.5) is 0 Å². The van der Waals surface area contributed by atoms with Crippen LogP contribution < -0.4 is 0 Å². The van der Waals surface area contributed by atoms with E-state index in [-0.39, 0.29) is 0 Å². The van der Waals surface area contributed by atoms with Crippen LogP contribution in [0.15, 0.2) is 9.98 Å². The second-order valence-corrected chi connectivity index (χ2v) is 0.740. The van der Waals surface area contributed by atoms with E-state index in [0.29, 0.717) is 6.67 Å². The standard InChI is InChI=1S/C3H3N2/c1-2-5-3-4-1/h1H,3H2. The first kappa shape index (κ1) is 2.57. The lowest BCUT2D eigenvalue weighted by molar-refractivity contribution is 1.11. The molecular formula is C3H3N2. The van der Waals surface area contributed by atoms with E-state index in [9.17, 15) is 0 Å². The fourth-order valence-corrected chi connectivity index (χ4v) is 0.204. The zero-order valence-electron chi connectivity index (χ0n) is 2.68. The smallest absolute Gasteiger partial charge is 0.130 e. The van der Waals surface area contributed by atoms with Gasteiger partial charge >= 0.3 is 0 Å². The first-order chi connectivity index (χ1) is 2.50. The molecule has 1 aliphatic heterocycles. The van der Waals surface area contributed by atoms with E-state index in [4.69, 9.17) is 0 Å². The van der Waals surface area contributed by atoms with Crippen molar-refractivity contribution in [3.63, 3.8) is 0 Å². The first-order valence-electron chi connectivity index (χ1n) is 1.40. The quantitative estimate of drug-likeness (QED) is 0.380. The highest BCUT2D eigenvalue weighted by Crippen LogP contribution is 1.72. The van der Waals surface area contributed by atoms with Gasteiger partial charge in [-0.15, -0.1) is 0 Å². The summed E-state index contributed by atoms with van der Waals surface area (Å²) in [6, 6.07) is 0. The van der Waals surface area contributed by atoms with Gasteiger partial charge in [-0.3, -0.25) is 9.98 Å². The molecule has 0 atom stereocenters. The summed E-state index contributed by atoms with van der Waals surface area (Å²) in [4.78, 5) is 7.29. The summed E-state index contributed by atoms with van der Waals surface area (Å²) in [5.74, 6) is 0. The molecule has 0 aromatic carbocycles. The summed E-state index contributed by atoms with van der Waals surface area (Å²) in [6.45, 7) is 0.583. The molecule has 25 valence electrons. The van der Waals surface area contributed by atoms with Crippen molar-refractivity contribution in [1.82, 2.24) is 0 Å². The molecule has 0 amide bonds. The van der Waals surface area contributed by atoms with Crippen LogP contribution in [0.5, 0.6) is 0 Å². The Hall–Kier alpha value is -0.660. The Morgan fingerprint density at radius 3 is 3.00 bits per heavy atom. The summed E-state index contributed by atoms with van der Waals surface area (Å²) in [5, 5.41) is 0. The molecule has 0 spiro atoms. The molecule has 2 heteroatoms. The van der Waals surface area contributed by atoms with Crippen molar-refractivity contribution in [2.45, 2.75) is 0 Å². The largest absolute Gasteiger partial charge is 0.267 e. The minimum absolute atomic E-state index is 0.583. The Balaban J connectivity index is 2.61. The maximum absolute atomic E-state index is 3.68. The van der Waals surface area contributed by atoms with Crippen LogP contribution in [0, 0.1) is 0 Å². The zero-order chi connectivity index (χ0) is 3.54. The molecule has 2 nitrogen and oxygen atoms in total. The fourth-order valence-electron chi connectivity index (χ4n) is 0.204. The molecular weight excluding hydrogens is 64.0 g/mol.